The van der Waals surface area contributed by atoms with Gasteiger partial charge >= 0.3 is 29.6 Å². The fraction of sp³-hybridized carbons (Fsp3) is 0.750. The van der Waals surface area contributed by atoms with Crippen LogP contribution in [0, 0.1) is 0 Å². The summed E-state index contributed by atoms with van der Waals surface area (Å²) >= 11 is 0. The second kappa shape index (κ2) is 3.47. The van der Waals surface area contributed by atoms with E-state index in [1.54, 1.807) is 0 Å². The molecule has 0 heterocycles. The van der Waals surface area contributed by atoms with Gasteiger partial charge in [-0.3, -0.25) is 4.79 Å². The second-order valence-electron chi connectivity index (χ2n) is 1.43. The van der Waals surface area contributed by atoms with Crippen molar-refractivity contribution in [3.05, 3.63) is 0 Å². The Morgan fingerprint density at radius 2 is 2.14 bits per heavy atom. The molecule has 1 aliphatic rings. The van der Waals surface area contributed by atoms with E-state index in [-0.39, 0.29) is 35.7 Å². The monoisotopic (exact) mass is 110 g/mol. The van der Waals surface area contributed by atoms with Gasteiger partial charge in [-0.25, -0.2) is 0 Å². The summed E-state index contributed by atoms with van der Waals surface area (Å²) in [5, 5.41) is 0. The summed E-state index contributed by atoms with van der Waals surface area (Å²) in [4.78, 5) is 9.43. The number of ether oxygens (including phenoxy) is 1. The summed E-state index contributed by atoms with van der Waals surface area (Å²) in [5.41, 5.74) is 0. The van der Waals surface area contributed by atoms with Gasteiger partial charge in [0, 0.05) is 0 Å². The van der Waals surface area contributed by atoms with E-state index >= 15 is 0 Å². The minimum absolute atomic E-state index is 0. The molecule has 1 rings (SSSR count). The average molecular weight is 110 g/mol. The molecule has 1 aliphatic carbocycles. The van der Waals surface area contributed by atoms with Gasteiger partial charge in [-0.2, -0.15) is 0 Å². The van der Waals surface area contributed by atoms with E-state index in [1.807, 2.05) is 0 Å². The van der Waals surface area contributed by atoms with Crippen molar-refractivity contribution in [1.29, 1.82) is 0 Å². The van der Waals surface area contributed by atoms with Crippen molar-refractivity contribution in [3.63, 3.8) is 0 Å². The van der Waals surface area contributed by atoms with Gasteiger partial charge in [0.25, 0.3) is 6.47 Å². The van der Waals surface area contributed by atoms with Gasteiger partial charge in [0.1, 0.15) is 6.10 Å². The number of hydrogen-bond acceptors (Lipinski definition) is 2. The zero-order valence-electron chi connectivity index (χ0n) is 3.39. The molecular weight excluding hydrogens is 103 g/mol. The van der Waals surface area contributed by atoms with Crippen LogP contribution < -0.4 is 0 Å². The third kappa shape index (κ3) is 3.09. The molecule has 0 aromatic heterocycles. The molecule has 0 N–H and O–H groups in total. The van der Waals surface area contributed by atoms with Crippen molar-refractivity contribution in [2.75, 3.05) is 0 Å². The number of carbonyl (C=O) groups is 1. The van der Waals surface area contributed by atoms with Gasteiger partial charge < -0.3 is 4.74 Å². The number of rotatable bonds is 2. The molecule has 7 heavy (non-hydrogen) atoms. The predicted octanol–water partition coefficient (Wildman–Crippen LogP) is -0.327. The van der Waals surface area contributed by atoms with Crippen molar-refractivity contribution in [2.45, 2.75) is 18.9 Å². The van der Waals surface area contributed by atoms with Crippen LogP contribution >= 0.6 is 0 Å². The Hall–Kier alpha value is 0.470. The second-order valence-corrected chi connectivity index (χ2v) is 1.43. The van der Waals surface area contributed by atoms with Gasteiger partial charge in [-0.1, -0.05) is 0 Å². The van der Waals surface area contributed by atoms with E-state index in [9.17, 15) is 4.79 Å². The first-order chi connectivity index (χ1) is 2.93. The molecule has 2 nitrogen and oxygen atoms in total. The van der Waals surface area contributed by atoms with Crippen molar-refractivity contribution >= 4 is 36.0 Å². The third-order valence-electron chi connectivity index (χ3n) is 0.772. The Bertz CT molecular complexity index is 60.7. The van der Waals surface area contributed by atoms with Crippen molar-refractivity contribution < 1.29 is 9.53 Å². The Morgan fingerprint density at radius 3 is 2.29 bits per heavy atom. The maximum atomic E-state index is 9.43. The Labute approximate surface area is 64.5 Å². The molecule has 0 aliphatic heterocycles. The van der Waals surface area contributed by atoms with Crippen LogP contribution in [0.15, 0.2) is 0 Å². The summed E-state index contributed by atoms with van der Waals surface area (Å²) < 4.78 is 4.47. The predicted molar refractivity (Wildman–Crippen MR) is 27.3 cm³/mol. The van der Waals surface area contributed by atoms with Gasteiger partial charge in [-0.15, -0.1) is 0 Å². The molecule has 0 radical (unpaired) electrons. The van der Waals surface area contributed by atoms with Crippen LogP contribution in [-0.4, -0.2) is 42.1 Å². The van der Waals surface area contributed by atoms with E-state index < -0.39 is 0 Å². The Balaban J connectivity index is 0.000000360. The van der Waals surface area contributed by atoms with Crippen molar-refractivity contribution in [1.82, 2.24) is 0 Å². The molecule has 0 saturated heterocycles. The van der Waals surface area contributed by atoms with Crippen LogP contribution in [0.3, 0.4) is 0 Å². The molecule has 3 heteroatoms. The Kier molecular flexibility index (Phi) is 3.70. The van der Waals surface area contributed by atoms with Crippen LogP contribution in [0.1, 0.15) is 12.8 Å². The maximum absolute atomic E-state index is 9.43. The van der Waals surface area contributed by atoms with E-state index in [2.05, 4.69) is 4.74 Å². The minimum atomic E-state index is 0. The first kappa shape index (κ1) is 7.47. The molecule has 0 bridgehead atoms. The molecule has 0 atom stereocenters. The average Bonchev–Trinajstić information content (AvgIpc) is 2.21. The fourth-order valence-corrected chi connectivity index (χ4v) is 0.283. The molecular formula is C4H7NaO2. The molecule has 0 spiro atoms. The fourth-order valence-electron chi connectivity index (χ4n) is 0.283. The van der Waals surface area contributed by atoms with Crippen molar-refractivity contribution in [2.24, 2.45) is 0 Å². The molecule has 0 amide bonds. The summed E-state index contributed by atoms with van der Waals surface area (Å²) in [6.45, 7) is 0.512. The molecule has 36 valence electrons. The normalized spacial score (nSPS) is 17.1. The summed E-state index contributed by atoms with van der Waals surface area (Å²) in [7, 11) is 0. The topological polar surface area (TPSA) is 26.3 Å². The molecule has 0 aromatic rings. The zero-order valence-corrected chi connectivity index (χ0v) is 3.39. The zero-order chi connectivity index (χ0) is 4.41. The first-order valence-electron chi connectivity index (χ1n) is 2.02. The first-order valence-corrected chi connectivity index (χ1v) is 2.02. The van der Waals surface area contributed by atoms with Crippen LogP contribution in [0.2, 0.25) is 0 Å². The van der Waals surface area contributed by atoms with E-state index in [4.69, 9.17) is 0 Å². The van der Waals surface area contributed by atoms with E-state index in [0.717, 1.165) is 12.8 Å². The molecule has 0 unspecified atom stereocenters. The van der Waals surface area contributed by atoms with Crippen LogP contribution in [-0.2, 0) is 9.53 Å². The van der Waals surface area contributed by atoms with Crippen LogP contribution in [0.4, 0.5) is 0 Å². The summed E-state index contributed by atoms with van der Waals surface area (Å²) in [5.74, 6) is 0. The molecule has 0 aromatic carbocycles. The number of hydrogen-bond donors (Lipinski definition) is 0. The van der Waals surface area contributed by atoms with Gasteiger partial charge in [0.05, 0.1) is 0 Å². The van der Waals surface area contributed by atoms with Crippen LogP contribution in [0.25, 0.3) is 0 Å². The molecule has 1 fully saturated rings. The van der Waals surface area contributed by atoms with Gasteiger partial charge in [0.15, 0.2) is 0 Å². The Morgan fingerprint density at radius 1 is 1.57 bits per heavy atom. The van der Waals surface area contributed by atoms with Gasteiger partial charge in [0.2, 0.25) is 0 Å². The van der Waals surface area contributed by atoms with E-state index in [0.29, 0.717) is 6.47 Å². The standard InChI is InChI=1S/C4H6O2.Na.H/c5-3-6-4-1-2-4;;/h3-4H,1-2H2;;. The van der Waals surface area contributed by atoms with Crippen molar-refractivity contribution in [3.8, 4) is 0 Å². The van der Waals surface area contributed by atoms with Gasteiger partial charge in [-0.05, 0) is 12.8 Å². The summed E-state index contributed by atoms with van der Waals surface area (Å²) in [6, 6.07) is 0. The number of carbonyl (C=O) groups excluding carboxylic acids is 1. The third-order valence-corrected chi connectivity index (χ3v) is 0.772. The van der Waals surface area contributed by atoms with Crippen LogP contribution in [0.5, 0.6) is 0 Å². The SMILES string of the molecule is O=COC1CC1.[NaH]. The summed E-state index contributed by atoms with van der Waals surface area (Å²) in [6.07, 6.45) is 2.42. The quantitative estimate of drug-likeness (QED) is 0.359. The molecule has 1 saturated carbocycles. The van der Waals surface area contributed by atoms with E-state index in [1.165, 1.54) is 0 Å².